The highest BCUT2D eigenvalue weighted by atomic mass is 32.1. The molecule has 0 heterocycles. The van der Waals surface area contributed by atoms with Crippen LogP contribution in [0.15, 0.2) is 18.2 Å². The molecule has 2 heteroatoms. The molecule has 0 bridgehead atoms. The molecule has 1 aromatic carbocycles. The van der Waals surface area contributed by atoms with Crippen molar-refractivity contribution in [3.05, 3.63) is 34.9 Å². The Hall–Kier alpha value is -0.760. The molecule has 1 aromatic rings. The average Bonchev–Trinajstić information content (AvgIpc) is 2.18. The summed E-state index contributed by atoms with van der Waals surface area (Å²) >= 11 is 4.09. The zero-order chi connectivity index (χ0) is 11.4. The van der Waals surface area contributed by atoms with Gasteiger partial charge in [-0.3, -0.25) is 4.79 Å². The molecule has 82 valence electrons. The number of Topliss-reactive ketones (excluding diaryl/α,β-unsaturated/α-hetero) is 1. The van der Waals surface area contributed by atoms with E-state index in [1.54, 1.807) is 0 Å². The molecule has 0 unspecified atom stereocenters. The Bertz CT molecular complexity index is 356. The lowest BCUT2D eigenvalue weighted by Gasteiger charge is -2.10. The maximum Gasteiger partial charge on any atom is 0.163 e. The van der Waals surface area contributed by atoms with Crippen LogP contribution in [0.4, 0.5) is 0 Å². The summed E-state index contributed by atoms with van der Waals surface area (Å²) in [6.45, 7) is 6.25. The highest BCUT2D eigenvalue weighted by molar-refractivity contribution is 7.80. The first-order chi connectivity index (χ1) is 7.06. The monoisotopic (exact) mass is 222 g/mol. The summed E-state index contributed by atoms with van der Waals surface area (Å²) in [5, 5.41) is 0. The van der Waals surface area contributed by atoms with Crippen molar-refractivity contribution in [2.24, 2.45) is 0 Å². The number of thiol groups is 1. The fourth-order valence-corrected chi connectivity index (χ4v) is 1.74. The van der Waals surface area contributed by atoms with Crippen LogP contribution >= 0.6 is 12.6 Å². The topological polar surface area (TPSA) is 17.1 Å². The van der Waals surface area contributed by atoms with Crippen molar-refractivity contribution >= 4 is 18.4 Å². The summed E-state index contributed by atoms with van der Waals surface area (Å²) in [6.07, 6.45) is 0.519. The molecular weight excluding hydrogens is 204 g/mol. The summed E-state index contributed by atoms with van der Waals surface area (Å²) in [5.74, 6) is 1.28. The predicted octanol–water partition coefficient (Wildman–Crippen LogP) is 3.62. The number of hydrogen-bond acceptors (Lipinski definition) is 2. The summed E-state index contributed by atoms with van der Waals surface area (Å²) in [7, 11) is 0. The Morgan fingerprint density at radius 2 is 2.07 bits per heavy atom. The average molecular weight is 222 g/mol. The van der Waals surface area contributed by atoms with Gasteiger partial charge in [-0.1, -0.05) is 26.0 Å². The minimum Gasteiger partial charge on any atom is -0.294 e. The summed E-state index contributed by atoms with van der Waals surface area (Å²) in [5.41, 5.74) is 3.14. The Labute approximate surface area is 97.3 Å². The van der Waals surface area contributed by atoms with Crippen molar-refractivity contribution in [3.8, 4) is 0 Å². The molecule has 0 atom stereocenters. The van der Waals surface area contributed by atoms with Gasteiger partial charge in [0.25, 0.3) is 0 Å². The minimum atomic E-state index is 0.199. The van der Waals surface area contributed by atoms with E-state index in [0.717, 1.165) is 11.1 Å². The Morgan fingerprint density at radius 3 is 2.60 bits per heavy atom. The van der Waals surface area contributed by atoms with Gasteiger partial charge in [-0.05, 0) is 35.8 Å². The predicted molar refractivity (Wildman–Crippen MR) is 68.1 cm³/mol. The van der Waals surface area contributed by atoms with E-state index < -0.39 is 0 Å². The molecule has 0 aromatic heterocycles. The zero-order valence-electron chi connectivity index (χ0n) is 9.58. The number of carbonyl (C=O) groups excluding carboxylic acids is 1. The Balaban J connectivity index is 3.05. The highest BCUT2D eigenvalue weighted by Gasteiger charge is 2.10. The van der Waals surface area contributed by atoms with Crippen LogP contribution in [0.1, 0.15) is 47.7 Å². The first kappa shape index (κ1) is 12.3. The molecule has 1 nitrogen and oxygen atoms in total. The van der Waals surface area contributed by atoms with Crippen LogP contribution in [0, 0.1) is 6.92 Å². The summed E-state index contributed by atoms with van der Waals surface area (Å²) < 4.78 is 0. The van der Waals surface area contributed by atoms with Gasteiger partial charge in [-0.15, -0.1) is 0 Å². The molecular formula is C13H18OS. The maximum absolute atomic E-state index is 11.8. The van der Waals surface area contributed by atoms with Gasteiger partial charge in [-0.25, -0.2) is 0 Å². The van der Waals surface area contributed by atoms with Crippen molar-refractivity contribution in [3.63, 3.8) is 0 Å². The number of benzene rings is 1. The van der Waals surface area contributed by atoms with E-state index in [9.17, 15) is 4.79 Å². The number of aryl methyl sites for hydroxylation is 1. The van der Waals surface area contributed by atoms with Crippen molar-refractivity contribution in [1.82, 2.24) is 0 Å². The van der Waals surface area contributed by atoms with Gasteiger partial charge in [0.15, 0.2) is 5.78 Å². The molecule has 0 saturated heterocycles. The van der Waals surface area contributed by atoms with Gasteiger partial charge in [0, 0.05) is 12.0 Å². The molecule has 0 fully saturated rings. The van der Waals surface area contributed by atoms with Gasteiger partial charge in [0.1, 0.15) is 0 Å². The number of ketones is 1. The van der Waals surface area contributed by atoms with E-state index in [1.807, 2.05) is 19.1 Å². The zero-order valence-corrected chi connectivity index (χ0v) is 10.5. The first-order valence-corrected chi connectivity index (χ1v) is 5.94. The van der Waals surface area contributed by atoms with Crippen LogP contribution in [0.25, 0.3) is 0 Å². The second-order valence-electron chi connectivity index (χ2n) is 4.13. The van der Waals surface area contributed by atoms with E-state index in [2.05, 4.69) is 32.5 Å². The normalized spacial score (nSPS) is 10.7. The quantitative estimate of drug-likeness (QED) is 0.608. The van der Waals surface area contributed by atoms with Gasteiger partial charge in [0.2, 0.25) is 0 Å². The second kappa shape index (κ2) is 5.36. The van der Waals surface area contributed by atoms with E-state index in [0.29, 0.717) is 18.1 Å². The highest BCUT2D eigenvalue weighted by Crippen LogP contribution is 2.19. The van der Waals surface area contributed by atoms with Gasteiger partial charge in [0.05, 0.1) is 0 Å². The Kier molecular flexibility index (Phi) is 4.40. The van der Waals surface area contributed by atoms with Gasteiger partial charge < -0.3 is 0 Å². The number of carbonyl (C=O) groups is 1. The van der Waals surface area contributed by atoms with E-state index in [1.165, 1.54) is 5.56 Å². The molecule has 0 aliphatic rings. The summed E-state index contributed by atoms with van der Waals surface area (Å²) in [4.78, 5) is 11.8. The molecule has 15 heavy (non-hydrogen) atoms. The molecule has 0 spiro atoms. The third kappa shape index (κ3) is 3.10. The first-order valence-electron chi connectivity index (χ1n) is 5.31. The molecule has 0 N–H and O–H groups in total. The van der Waals surface area contributed by atoms with Crippen molar-refractivity contribution < 1.29 is 4.79 Å². The largest absolute Gasteiger partial charge is 0.294 e. The molecule has 1 rings (SSSR count). The standard InChI is InChI=1S/C13H18OS/c1-9(2)11-5-4-10(3)12(8-11)13(14)6-7-15/h4-5,8-9,15H,6-7H2,1-3H3. The van der Waals surface area contributed by atoms with Gasteiger partial charge in [-0.2, -0.15) is 12.6 Å². The number of hydrogen-bond donors (Lipinski definition) is 1. The molecule has 0 saturated carbocycles. The van der Waals surface area contributed by atoms with E-state index in [-0.39, 0.29) is 5.78 Å². The van der Waals surface area contributed by atoms with E-state index in [4.69, 9.17) is 0 Å². The molecule has 0 aliphatic carbocycles. The van der Waals surface area contributed by atoms with E-state index >= 15 is 0 Å². The SMILES string of the molecule is Cc1ccc(C(C)C)cc1C(=O)CCS. The smallest absolute Gasteiger partial charge is 0.163 e. The van der Waals surface area contributed by atoms with Crippen LogP contribution in [0.3, 0.4) is 0 Å². The van der Waals surface area contributed by atoms with Crippen LogP contribution in [0.2, 0.25) is 0 Å². The maximum atomic E-state index is 11.8. The fourth-order valence-electron chi connectivity index (χ4n) is 1.54. The molecule has 0 aliphatic heterocycles. The van der Waals surface area contributed by atoms with Crippen molar-refractivity contribution in [2.75, 3.05) is 5.75 Å². The lowest BCUT2D eigenvalue weighted by Crippen LogP contribution is -2.04. The number of rotatable bonds is 4. The van der Waals surface area contributed by atoms with Gasteiger partial charge >= 0.3 is 0 Å². The molecule has 0 radical (unpaired) electrons. The third-order valence-electron chi connectivity index (χ3n) is 2.57. The van der Waals surface area contributed by atoms with Crippen LogP contribution < -0.4 is 0 Å². The van der Waals surface area contributed by atoms with Crippen LogP contribution in [0.5, 0.6) is 0 Å². The fraction of sp³-hybridized carbons (Fsp3) is 0.462. The van der Waals surface area contributed by atoms with Crippen LogP contribution in [-0.4, -0.2) is 11.5 Å². The second-order valence-corrected chi connectivity index (χ2v) is 4.57. The molecule has 0 amide bonds. The van der Waals surface area contributed by atoms with Crippen molar-refractivity contribution in [2.45, 2.75) is 33.1 Å². The van der Waals surface area contributed by atoms with Crippen molar-refractivity contribution in [1.29, 1.82) is 0 Å². The minimum absolute atomic E-state index is 0.199. The Morgan fingerprint density at radius 1 is 1.40 bits per heavy atom. The summed E-state index contributed by atoms with van der Waals surface area (Å²) in [6, 6.07) is 6.14. The lowest BCUT2D eigenvalue weighted by atomic mass is 9.95. The lowest BCUT2D eigenvalue weighted by molar-refractivity contribution is 0.0989. The van der Waals surface area contributed by atoms with Crippen LogP contribution in [-0.2, 0) is 0 Å². The third-order valence-corrected chi connectivity index (χ3v) is 2.79.